The van der Waals surface area contributed by atoms with E-state index in [1.54, 1.807) is 0 Å². The van der Waals surface area contributed by atoms with E-state index in [9.17, 15) is 0 Å². The van der Waals surface area contributed by atoms with Gasteiger partial charge in [-0.2, -0.15) is 0 Å². The van der Waals surface area contributed by atoms with E-state index in [1.165, 1.54) is 19.3 Å². The molecule has 2 atom stereocenters. The number of rotatable bonds is 6. The summed E-state index contributed by atoms with van der Waals surface area (Å²) in [5.74, 6) is 0.946. The van der Waals surface area contributed by atoms with Crippen molar-refractivity contribution in [2.75, 3.05) is 13.2 Å². The highest BCUT2D eigenvalue weighted by Gasteiger charge is 2.23. The molecule has 2 N–H and O–H groups in total. The lowest BCUT2D eigenvalue weighted by molar-refractivity contribution is 0.0961. The second-order valence-corrected chi connectivity index (χ2v) is 5.92. The molecule has 1 aromatic rings. The summed E-state index contributed by atoms with van der Waals surface area (Å²) in [6.07, 6.45) is 5.15. The second-order valence-electron chi connectivity index (χ2n) is 5.92. The van der Waals surface area contributed by atoms with Crippen LogP contribution in [0, 0.1) is 0 Å². The van der Waals surface area contributed by atoms with E-state index < -0.39 is 0 Å². The van der Waals surface area contributed by atoms with E-state index in [0.717, 1.165) is 43.0 Å². The Kier molecular flexibility index (Phi) is 5.86. The molecule has 0 aliphatic carbocycles. The van der Waals surface area contributed by atoms with Crippen LogP contribution in [0.4, 0.5) is 0 Å². The topological polar surface area (TPSA) is 38.5 Å². The Morgan fingerprint density at radius 1 is 1.15 bits per heavy atom. The Hall–Kier alpha value is -1.06. The van der Waals surface area contributed by atoms with Gasteiger partial charge in [0.2, 0.25) is 0 Å². The van der Waals surface area contributed by atoms with Crippen molar-refractivity contribution < 1.29 is 4.74 Å². The molecule has 1 aliphatic rings. The van der Waals surface area contributed by atoms with Crippen molar-refractivity contribution in [3.8, 4) is 5.75 Å². The molecule has 0 radical (unpaired) electrons. The van der Waals surface area contributed by atoms with Crippen LogP contribution in [0.1, 0.15) is 45.1 Å². The van der Waals surface area contributed by atoms with Gasteiger partial charge in [-0.1, -0.05) is 18.6 Å². The predicted octanol–water partition coefficient (Wildman–Crippen LogP) is 3.18. The molecule has 2 rings (SSSR count). The minimum absolute atomic E-state index is 0.588. The summed E-state index contributed by atoms with van der Waals surface area (Å²) in [7, 11) is 0. The molecule has 2 unspecified atom stereocenters. The Balaban J connectivity index is 1.70. The third-order valence-electron chi connectivity index (χ3n) is 4.36. The Morgan fingerprint density at radius 2 is 1.80 bits per heavy atom. The van der Waals surface area contributed by atoms with Gasteiger partial charge >= 0.3 is 0 Å². The van der Waals surface area contributed by atoms with E-state index in [4.69, 9.17) is 10.5 Å². The SMILES string of the molecule is CC1CCCC(C)N1CCCOc1ccc(CN)cc1. The van der Waals surface area contributed by atoms with Gasteiger partial charge in [-0.15, -0.1) is 0 Å². The van der Waals surface area contributed by atoms with Crippen LogP contribution < -0.4 is 10.5 Å². The average Bonchev–Trinajstić information content (AvgIpc) is 2.46. The number of benzene rings is 1. The average molecular weight is 276 g/mol. The highest BCUT2D eigenvalue weighted by Crippen LogP contribution is 2.22. The number of hydrogen-bond donors (Lipinski definition) is 1. The van der Waals surface area contributed by atoms with E-state index in [-0.39, 0.29) is 0 Å². The molecule has 1 heterocycles. The summed E-state index contributed by atoms with van der Waals surface area (Å²) in [5.41, 5.74) is 6.73. The van der Waals surface area contributed by atoms with Crippen LogP contribution in [0.15, 0.2) is 24.3 Å². The molecule has 0 bridgehead atoms. The van der Waals surface area contributed by atoms with Crippen LogP contribution >= 0.6 is 0 Å². The molecular weight excluding hydrogens is 248 g/mol. The Labute approximate surface area is 123 Å². The van der Waals surface area contributed by atoms with E-state index in [0.29, 0.717) is 6.54 Å². The predicted molar refractivity (Wildman–Crippen MR) is 83.9 cm³/mol. The molecule has 0 amide bonds. The third kappa shape index (κ3) is 4.22. The van der Waals surface area contributed by atoms with Crippen molar-refractivity contribution in [3.63, 3.8) is 0 Å². The smallest absolute Gasteiger partial charge is 0.119 e. The largest absolute Gasteiger partial charge is 0.494 e. The number of nitrogens with two attached hydrogens (primary N) is 1. The van der Waals surface area contributed by atoms with Crippen LogP contribution in [0.3, 0.4) is 0 Å². The monoisotopic (exact) mass is 276 g/mol. The van der Waals surface area contributed by atoms with Crippen molar-refractivity contribution in [1.82, 2.24) is 4.90 Å². The fraction of sp³-hybridized carbons (Fsp3) is 0.647. The zero-order chi connectivity index (χ0) is 14.4. The van der Waals surface area contributed by atoms with Gasteiger partial charge in [0, 0.05) is 25.2 Å². The highest BCUT2D eigenvalue weighted by molar-refractivity contribution is 5.26. The molecule has 0 aromatic heterocycles. The lowest BCUT2D eigenvalue weighted by Crippen LogP contribution is -2.44. The van der Waals surface area contributed by atoms with Crippen molar-refractivity contribution in [1.29, 1.82) is 0 Å². The molecule has 1 aromatic carbocycles. The van der Waals surface area contributed by atoms with Crippen LogP contribution in [0.2, 0.25) is 0 Å². The van der Waals surface area contributed by atoms with Crippen molar-refractivity contribution >= 4 is 0 Å². The van der Waals surface area contributed by atoms with Gasteiger partial charge in [-0.05, 0) is 50.8 Å². The zero-order valence-corrected chi connectivity index (χ0v) is 12.8. The molecule has 0 saturated carbocycles. The van der Waals surface area contributed by atoms with E-state index in [2.05, 4.69) is 18.7 Å². The third-order valence-corrected chi connectivity index (χ3v) is 4.36. The second kappa shape index (κ2) is 7.65. The van der Waals surface area contributed by atoms with Crippen LogP contribution in [-0.4, -0.2) is 30.1 Å². The minimum atomic E-state index is 0.588. The summed E-state index contributed by atoms with van der Waals surface area (Å²) in [4.78, 5) is 2.63. The Bertz CT molecular complexity index is 380. The number of ether oxygens (including phenoxy) is 1. The van der Waals surface area contributed by atoms with Crippen molar-refractivity contribution in [2.24, 2.45) is 5.73 Å². The number of likely N-dealkylation sites (tertiary alicyclic amines) is 1. The van der Waals surface area contributed by atoms with Gasteiger partial charge in [0.25, 0.3) is 0 Å². The zero-order valence-electron chi connectivity index (χ0n) is 12.8. The van der Waals surface area contributed by atoms with Gasteiger partial charge < -0.3 is 10.5 Å². The normalized spacial score (nSPS) is 23.8. The maximum Gasteiger partial charge on any atom is 0.119 e. The molecule has 1 saturated heterocycles. The first-order chi connectivity index (χ1) is 9.70. The van der Waals surface area contributed by atoms with Crippen molar-refractivity contribution in [2.45, 2.75) is 58.2 Å². The molecule has 3 nitrogen and oxygen atoms in total. The fourth-order valence-corrected chi connectivity index (χ4v) is 3.07. The summed E-state index contributed by atoms with van der Waals surface area (Å²) >= 11 is 0. The number of nitrogens with zero attached hydrogens (tertiary/aromatic N) is 1. The van der Waals surface area contributed by atoms with Crippen molar-refractivity contribution in [3.05, 3.63) is 29.8 Å². The Morgan fingerprint density at radius 3 is 2.40 bits per heavy atom. The minimum Gasteiger partial charge on any atom is -0.494 e. The summed E-state index contributed by atoms with van der Waals surface area (Å²) in [6.45, 7) is 7.22. The van der Waals surface area contributed by atoms with Crippen LogP contribution in [0.5, 0.6) is 5.75 Å². The first-order valence-corrected chi connectivity index (χ1v) is 7.88. The quantitative estimate of drug-likeness (QED) is 0.811. The van der Waals surface area contributed by atoms with Gasteiger partial charge in [-0.25, -0.2) is 0 Å². The summed E-state index contributed by atoms with van der Waals surface area (Å²) < 4.78 is 5.80. The highest BCUT2D eigenvalue weighted by atomic mass is 16.5. The molecule has 20 heavy (non-hydrogen) atoms. The van der Waals surface area contributed by atoms with Gasteiger partial charge in [0.1, 0.15) is 5.75 Å². The fourth-order valence-electron chi connectivity index (χ4n) is 3.07. The van der Waals surface area contributed by atoms with Gasteiger partial charge in [0.05, 0.1) is 6.61 Å². The number of hydrogen-bond acceptors (Lipinski definition) is 3. The first kappa shape index (κ1) is 15.3. The van der Waals surface area contributed by atoms with Gasteiger partial charge in [-0.3, -0.25) is 4.90 Å². The lowest BCUT2D eigenvalue weighted by atomic mass is 9.97. The van der Waals surface area contributed by atoms with E-state index in [1.807, 2.05) is 24.3 Å². The maximum atomic E-state index is 5.80. The van der Waals surface area contributed by atoms with Crippen LogP contribution in [-0.2, 0) is 6.54 Å². The van der Waals surface area contributed by atoms with E-state index >= 15 is 0 Å². The summed E-state index contributed by atoms with van der Waals surface area (Å²) in [5, 5.41) is 0. The first-order valence-electron chi connectivity index (χ1n) is 7.88. The molecule has 1 aliphatic heterocycles. The molecular formula is C17H28N2O. The molecule has 3 heteroatoms. The lowest BCUT2D eigenvalue weighted by Gasteiger charge is -2.39. The standard InChI is InChI=1S/C17H28N2O/c1-14-5-3-6-15(2)19(14)11-4-12-20-17-9-7-16(13-18)8-10-17/h7-10,14-15H,3-6,11-13,18H2,1-2H3. The molecule has 0 spiro atoms. The molecule has 1 fully saturated rings. The number of piperidine rings is 1. The van der Waals surface area contributed by atoms with Crippen LogP contribution in [0.25, 0.3) is 0 Å². The molecule has 112 valence electrons. The summed E-state index contributed by atoms with van der Waals surface area (Å²) in [6, 6.07) is 9.53. The van der Waals surface area contributed by atoms with Gasteiger partial charge in [0.15, 0.2) is 0 Å². The maximum absolute atomic E-state index is 5.80.